The van der Waals surface area contributed by atoms with Gasteiger partial charge >= 0.3 is 5.97 Å². The number of benzene rings is 1. The summed E-state index contributed by atoms with van der Waals surface area (Å²) < 4.78 is 33.2. The molecule has 0 saturated heterocycles. The lowest BCUT2D eigenvalue weighted by molar-refractivity contribution is -0.142. The van der Waals surface area contributed by atoms with E-state index in [1.54, 1.807) is 13.0 Å². The molecule has 6 heteroatoms. The van der Waals surface area contributed by atoms with Gasteiger partial charge in [-0.05, 0) is 25.1 Å². The number of furan rings is 1. The average Bonchev–Trinajstić information content (AvgIpc) is 2.71. The number of esters is 1. The number of rotatable bonds is 4. The summed E-state index contributed by atoms with van der Waals surface area (Å²) in [6, 6.07) is 4.58. The van der Waals surface area contributed by atoms with Crippen molar-refractivity contribution in [2.45, 2.75) is 18.2 Å². The molecule has 1 aromatic heterocycles. The molecule has 0 atom stereocenters. The lowest BCUT2D eigenvalue weighted by Crippen LogP contribution is -2.07. The van der Waals surface area contributed by atoms with Gasteiger partial charge in [0, 0.05) is 17.2 Å². The van der Waals surface area contributed by atoms with Crippen LogP contribution in [-0.2, 0) is 25.8 Å². The Morgan fingerprint density at radius 2 is 2.11 bits per heavy atom. The third kappa shape index (κ3) is 2.96. The normalized spacial score (nSPS) is 11.7. The Labute approximate surface area is 111 Å². The summed E-state index contributed by atoms with van der Waals surface area (Å²) in [5, 5.41) is 0.621. The first-order valence-corrected chi connectivity index (χ1v) is 7.66. The summed E-state index contributed by atoms with van der Waals surface area (Å²) in [7, 11) is -3.29. The lowest BCUT2D eigenvalue weighted by atomic mass is 10.1. The second-order valence-corrected chi connectivity index (χ2v) is 6.19. The van der Waals surface area contributed by atoms with Gasteiger partial charge in [-0.1, -0.05) is 0 Å². The Morgan fingerprint density at radius 3 is 2.74 bits per heavy atom. The van der Waals surface area contributed by atoms with Crippen LogP contribution < -0.4 is 0 Å². The molecule has 0 aliphatic carbocycles. The Kier molecular flexibility index (Phi) is 3.61. The first-order valence-electron chi connectivity index (χ1n) is 5.77. The van der Waals surface area contributed by atoms with Gasteiger partial charge in [0.25, 0.3) is 0 Å². The predicted octanol–water partition coefficient (Wildman–Crippen LogP) is 1.94. The zero-order valence-electron chi connectivity index (χ0n) is 10.7. The van der Waals surface area contributed by atoms with Crippen molar-refractivity contribution in [1.29, 1.82) is 0 Å². The molecule has 0 amide bonds. The number of carbonyl (C=O) groups is 1. The molecule has 0 spiro atoms. The molecule has 1 aromatic carbocycles. The van der Waals surface area contributed by atoms with Gasteiger partial charge in [0.2, 0.25) is 0 Å². The van der Waals surface area contributed by atoms with E-state index in [4.69, 9.17) is 9.15 Å². The third-order valence-electron chi connectivity index (χ3n) is 2.69. The van der Waals surface area contributed by atoms with Crippen molar-refractivity contribution in [3.63, 3.8) is 0 Å². The second-order valence-electron chi connectivity index (χ2n) is 4.17. The van der Waals surface area contributed by atoms with Crippen molar-refractivity contribution >= 4 is 26.8 Å². The van der Waals surface area contributed by atoms with Crippen LogP contribution in [0.4, 0.5) is 0 Å². The molecule has 0 unspecified atom stereocenters. The van der Waals surface area contributed by atoms with E-state index in [0.717, 1.165) is 6.26 Å². The van der Waals surface area contributed by atoms with Crippen LogP contribution in [0.5, 0.6) is 0 Å². The largest absolute Gasteiger partial charge is 0.466 e. The van der Waals surface area contributed by atoms with Crippen molar-refractivity contribution in [3.05, 3.63) is 30.0 Å². The van der Waals surface area contributed by atoms with Crippen LogP contribution in [0, 0.1) is 0 Å². The molecular weight excluding hydrogens is 268 g/mol. The van der Waals surface area contributed by atoms with Gasteiger partial charge in [0.1, 0.15) is 5.58 Å². The number of hydrogen-bond donors (Lipinski definition) is 0. The Balaban J connectivity index is 2.43. The first-order chi connectivity index (χ1) is 8.91. The van der Waals surface area contributed by atoms with E-state index in [9.17, 15) is 13.2 Å². The number of hydrogen-bond acceptors (Lipinski definition) is 5. The highest BCUT2D eigenvalue weighted by molar-refractivity contribution is 7.90. The van der Waals surface area contributed by atoms with Gasteiger partial charge in [-0.15, -0.1) is 0 Å². The maximum Gasteiger partial charge on any atom is 0.310 e. The van der Waals surface area contributed by atoms with Crippen molar-refractivity contribution in [2.24, 2.45) is 0 Å². The van der Waals surface area contributed by atoms with Crippen LogP contribution in [0.25, 0.3) is 11.0 Å². The van der Waals surface area contributed by atoms with E-state index in [2.05, 4.69) is 0 Å². The summed E-state index contributed by atoms with van der Waals surface area (Å²) in [6.45, 7) is 2.04. The average molecular weight is 282 g/mol. The molecule has 19 heavy (non-hydrogen) atoms. The summed E-state index contributed by atoms with van der Waals surface area (Å²) in [5.74, 6) is -0.366. The van der Waals surface area contributed by atoms with Crippen LogP contribution in [-0.4, -0.2) is 27.2 Å². The van der Waals surface area contributed by atoms with E-state index >= 15 is 0 Å². The zero-order chi connectivity index (χ0) is 14.0. The first kappa shape index (κ1) is 13.6. The van der Waals surface area contributed by atoms with E-state index in [1.807, 2.05) is 0 Å². The van der Waals surface area contributed by atoms with Crippen molar-refractivity contribution in [2.75, 3.05) is 12.9 Å². The highest BCUT2D eigenvalue weighted by Crippen LogP contribution is 2.25. The standard InChI is InChI=1S/C13H14O5S/c1-3-17-13(14)6-9-8-18-12-5-4-10(7-11(9)12)19(2,15)16/h4-5,7-8H,3,6H2,1-2H3. The fourth-order valence-electron chi connectivity index (χ4n) is 1.80. The minimum absolute atomic E-state index is 0.0635. The van der Waals surface area contributed by atoms with Crippen molar-refractivity contribution < 1.29 is 22.4 Å². The van der Waals surface area contributed by atoms with Gasteiger partial charge in [-0.2, -0.15) is 0 Å². The summed E-state index contributed by atoms with van der Waals surface area (Å²) in [4.78, 5) is 11.7. The number of sulfone groups is 1. The molecule has 102 valence electrons. The van der Waals surface area contributed by atoms with Gasteiger partial charge in [-0.3, -0.25) is 4.79 Å². The maximum absolute atomic E-state index is 11.5. The molecule has 0 bridgehead atoms. The van der Waals surface area contributed by atoms with Crippen molar-refractivity contribution in [3.8, 4) is 0 Å². The van der Waals surface area contributed by atoms with Crippen LogP contribution in [0.2, 0.25) is 0 Å². The minimum Gasteiger partial charge on any atom is -0.466 e. The molecule has 0 fully saturated rings. The minimum atomic E-state index is -3.29. The monoisotopic (exact) mass is 282 g/mol. The number of fused-ring (bicyclic) bond motifs is 1. The summed E-state index contributed by atoms with van der Waals surface area (Å²) >= 11 is 0. The molecule has 0 aliphatic rings. The fraction of sp³-hybridized carbons (Fsp3) is 0.308. The van der Waals surface area contributed by atoms with Crippen LogP contribution >= 0.6 is 0 Å². The molecule has 5 nitrogen and oxygen atoms in total. The van der Waals surface area contributed by atoms with Crippen LogP contribution in [0.3, 0.4) is 0 Å². The smallest absolute Gasteiger partial charge is 0.310 e. The Bertz CT molecular complexity index is 712. The highest BCUT2D eigenvalue weighted by Gasteiger charge is 2.14. The zero-order valence-corrected chi connectivity index (χ0v) is 11.5. The maximum atomic E-state index is 11.5. The SMILES string of the molecule is CCOC(=O)Cc1coc2ccc(S(C)(=O)=O)cc12. The quantitative estimate of drug-likeness (QED) is 0.801. The molecular formula is C13H14O5S. The summed E-state index contributed by atoms with van der Waals surface area (Å²) in [5.41, 5.74) is 1.17. The molecule has 0 N–H and O–H groups in total. The predicted molar refractivity (Wildman–Crippen MR) is 69.7 cm³/mol. The molecule has 2 rings (SSSR count). The Hall–Kier alpha value is -1.82. The molecule has 0 radical (unpaired) electrons. The highest BCUT2D eigenvalue weighted by atomic mass is 32.2. The van der Waals surface area contributed by atoms with E-state index in [0.29, 0.717) is 23.1 Å². The van der Waals surface area contributed by atoms with Gasteiger partial charge in [0.15, 0.2) is 9.84 Å². The van der Waals surface area contributed by atoms with Crippen LogP contribution in [0.1, 0.15) is 12.5 Å². The topological polar surface area (TPSA) is 73.6 Å². The molecule has 2 aromatic rings. The second kappa shape index (κ2) is 5.05. The van der Waals surface area contributed by atoms with E-state index < -0.39 is 9.84 Å². The lowest BCUT2D eigenvalue weighted by Gasteiger charge is -2.01. The molecule has 0 saturated carbocycles. The van der Waals surface area contributed by atoms with Gasteiger partial charge in [-0.25, -0.2) is 8.42 Å². The van der Waals surface area contributed by atoms with E-state index in [1.165, 1.54) is 18.4 Å². The van der Waals surface area contributed by atoms with Crippen molar-refractivity contribution in [1.82, 2.24) is 0 Å². The van der Waals surface area contributed by atoms with E-state index in [-0.39, 0.29) is 17.3 Å². The van der Waals surface area contributed by atoms with Crippen LogP contribution in [0.15, 0.2) is 33.8 Å². The fourth-order valence-corrected chi connectivity index (χ4v) is 2.44. The summed E-state index contributed by atoms with van der Waals surface area (Å²) in [6.07, 6.45) is 2.65. The third-order valence-corrected chi connectivity index (χ3v) is 3.80. The molecule has 1 heterocycles. The van der Waals surface area contributed by atoms with Gasteiger partial charge in [0.05, 0.1) is 24.2 Å². The Morgan fingerprint density at radius 1 is 1.37 bits per heavy atom. The van der Waals surface area contributed by atoms with Gasteiger partial charge < -0.3 is 9.15 Å². The molecule has 0 aliphatic heterocycles. The number of ether oxygens (including phenoxy) is 1. The number of carbonyl (C=O) groups excluding carboxylic acids is 1.